The molecule has 3 N–H and O–H groups in total. The zero-order chi connectivity index (χ0) is 22.0. The first-order chi connectivity index (χ1) is 15.0. The van der Waals surface area contributed by atoms with E-state index in [0.717, 1.165) is 12.8 Å². The van der Waals surface area contributed by atoms with Crippen LogP contribution in [0.4, 0.5) is 23.1 Å². The van der Waals surface area contributed by atoms with Gasteiger partial charge in [0.05, 0.1) is 24.7 Å². The topological polar surface area (TPSA) is 129 Å². The molecule has 1 fully saturated rings. The monoisotopic (exact) mass is 424 g/mol. The number of fused-ring (bicyclic) bond motifs is 1. The zero-order valence-corrected chi connectivity index (χ0v) is 17.4. The SMILES string of the molecule is COc1cc2nc(N3CCC(Nc4ccccc4[N+](=O)[O-])CC3)nc(N)c2cc1OC. The van der Waals surface area contributed by atoms with Gasteiger partial charge in [0.15, 0.2) is 11.5 Å². The lowest BCUT2D eigenvalue weighted by molar-refractivity contribution is -0.384. The van der Waals surface area contributed by atoms with E-state index in [1.807, 2.05) is 0 Å². The van der Waals surface area contributed by atoms with E-state index in [-0.39, 0.29) is 16.7 Å². The van der Waals surface area contributed by atoms with Crippen molar-refractivity contribution in [3.63, 3.8) is 0 Å². The van der Waals surface area contributed by atoms with Gasteiger partial charge in [-0.2, -0.15) is 4.98 Å². The third kappa shape index (κ3) is 4.09. The van der Waals surface area contributed by atoms with Crippen LogP contribution >= 0.6 is 0 Å². The van der Waals surface area contributed by atoms with Crippen molar-refractivity contribution < 1.29 is 14.4 Å². The van der Waals surface area contributed by atoms with Crippen molar-refractivity contribution in [2.24, 2.45) is 0 Å². The quantitative estimate of drug-likeness (QED) is 0.452. The molecule has 4 rings (SSSR count). The van der Waals surface area contributed by atoms with Gasteiger partial charge in [-0.05, 0) is 25.0 Å². The van der Waals surface area contributed by atoms with E-state index in [1.54, 1.807) is 44.6 Å². The van der Waals surface area contributed by atoms with Crippen LogP contribution in [-0.2, 0) is 0 Å². The molecule has 2 heterocycles. The molecule has 1 saturated heterocycles. The van der Waals surface area contributed by atoms with Gasteiger partial charge < -0.3 is 25.4 Å². The van der Waals surface area contributed by atoms with E-state index in [1.165, 1.54) is 6.07 Å². The highest BCUT2D eigenvalue weighted by molar-refractivity contribution is 5.91. The zero-order valence-electron chi connectivity index (χ0n) is 17.4. The number of anilines is 3. The predicted octanol–water partition coefficient (Wildman–Crippen LogP) is 3.22. The summed E-state index contributed by atoms with van der Waals surface area (Å²) in [6.07, 6.45) is 1.58. The summed E-state index contributed by atoms with van der Waals surface area (Å²) in [6, 6.07) is 10.4. The van der Waals surface area contributed by atoms with Gasteiger partial charge in [0.1, 0.15) is 11.5 Å². The number of benzene rings is 2. The molecule has 1 aromatic heterocycles. The molecule has 0 spiro atoms. The van der Waals surface area contributed by atoms with E-state index in [4.69, 9.17) is 15.2 Å². The molecule has 0 atom stereocenters. The minimum Gasteiger partial charge on any atom is -0.493 e. The second-order valence-corrected chi connectivity index (χ2v) is 7.31. The van der Waals surface area contributed by atoms with Crippen LogP contribution in [0.25, 0.3) is 10.9 Å². The number of piperidine rings is 1. The van der Waals surface area contributed by atoms with Crippen molar-refractivity contribution in [1.29, 1.82) is 0 Å². The smallest absolute Gasteiger partial charge is 0.292 e. The van der Waals surface area contributed by atoms with Gasteiger partial charge in [-0.1, -0.05) is 12.1 Å². The standard InChI is InChI=1S/C21H24N6O4/c1-30-18-11-14-16(12-19(18)31-2)24-21(25-20(14)22)26-9-7-13(8-10-26)23-15-5-3-4-6-17(15)27(28)29/h3-6,11-13,23H,7-10H2,1-2H3,(H2,22,24,25). The molecular weight excluding hydrogens is 400 g/mol. The Morgan fingerprint density at radius 1 is 1.13 bits per heavy atom. The van der Waals surface area contributed by atoms with Crippen LogP contribution in [-0.4, -0.2) is 48.2 Å². The number of nitro benzene ring substituents is 1. The maximum atomic E-state index is 11.2. The summed E-state index contributed by atoms with van der Waals surface area (Å²) in [5.74, 6) is 2.08. The van der Waals surface area contributed by atoms with Crippen molar-refractivity contribution in [3.05, 3.63) is 46.5 Å². The summed E-state index contributed by atoms with van der Waals surface area (Å²) in [5, 5.41) is 15.2. The van der Waals surface area contributed by atoms with Gasteiger partial charge in [-0.3, -0.25) is 10.1 Å². The van der Waals surface area contributed by atoms with E-state index in [2.05, 4.69) is 20.2 Å². The van der Waals surface area contributed by atoms with E-state index < -0.39 is 0 Å². The normalized spacial score (nSPS) is 14.5. The number of methoxy groups -OCH3 is 2. The first-order valence-electron chi connectivity index (χ1n) is 9.94. The summed E-state index contributed by atoms with van der Waals surface area (Å²) in [6.45, 7) is 1.41. The van der Waals surface area contributed by atoms with Gasteiger partial charge in [-0.15, -0.1) is 0 Å². The Morgan fingerprint density at radius 2 is 1.81 bits per heavy atom. The minimum atomic E-state index is -0.369. The number of hydrogen-bond donors (Lipinski definition) is 2. The molecule has 162 valence electrons. The Morgan fingerprint density at radius 3 is 2.48 bits per heavy atom. The van der Waals surface area contributed by atoms with Crippen LogP contribution < -0.4 is 25.4 Å². The van der Waals surface area contributed by atoms with Crippen molar-refractivity contribution in [2.75, 3.05) is 43.3 Å². The van der Waals surface area contributed by atoms with Gasteiger partial charge >= 0.3 is 0 Å². The van der Waals surface area contributed by atoms with Crippen molar-refractivity contribution >= 4 is 34.0 Å². The molecule has 10 nitrogen and oxygen atoms in total. The molecule has 0 radical (unpaired) electrons. The molecule has 0 saturated carbocycles. The summed E-state index contributed by atoms with van der Waals surface area (Å²) in [4.78, 5) is 22.1. The third-order valence-electron chi connectivity index (χ3n) is 5.46. The Kier molecular flexibility index (Phi) is 5.61. The van der Waals surface area contributed by atoms with Gasteiger partial charge in [0.25, 0.3) is 5.69 Å². The highest BCUT2D eigenvalue weighted by Gasteiger charge is 2.24. The number of aromatic nitrogens is 2. The summed E-state index contributed by atoms with van der Waals surface area (Å²) < 4.78 is 10.7. The molecular formula is C21H24N6O4. The largest absolute Gasteiger partial charge is 0.493 e. The molecule has 0 aliphatic carbocycles. The molecule has 0 amide bonds. The number of nitrogen functional groups attached to an aromatic ring is 1. The second-order valence-electron chi connectivity index (χ2n) is 7.31. The highest BCUT2D eigenvalue weighted by atomic mass is 16.6. The first kappa shape index (κ1) is 20.5. The summed E-state index contributed by atoms with van der Waals surface area (Å²) in [5.41, 5.74) is 7.51. The number of ether oxygens (including phenoxy) is 2. The highest BCUT2D eigenvalue weighted by Crippen LogP contribution is 2.34. The Hall–Kier alpha value is -3.82. The Bertz CT molecular complexity index is 1110. The fourth-order valence-electron chi connectivity index (χ4n) is 3.81. The average Bonchev–Trinajstić information content (AvgIpc) is 2.79. The van der Waals surface area contributed by atoms with E-state index >= 15 is 0 Å². The molecule has 0 bridgehead atoms. The molecule has 2 aromatic carbocycles. The van der Waals surface area contributed by atoms with Crippen molar-refractivity contribution in [2.45, 2.75) is 18.9 Å². The van der Waals surface area contributed by atoms with Gasteiger partial charge in [0.2, 0.25) is 5.95 Å². The number of para-hydroxylation sites is 2. The lowest BCUT2D eigenvalue weighted by Crippen LogP contribution is -2.40. The van der Waals surface area contributed by atoms with Gasteiger partial charge in [-0.25, -0.2) is 4.98 Å². The average molecular weight is 424 g/mol. The van der Waals surface area contributed by atoms with E-state index in [0.29, 0.717) is 52.9 Å². The fraction of sp³-hybridized carbons (Fsp3) is 0.333. The van der Waals surface area contributed by atoms with Crippen molar-refractivity contribution in [1.82, 2.24) is 9.97 Å². The number of nitrogens with two attached hydrogens (primary N) is 1. The van der Waals surface area contributed by atoms with Crippen LogP contribution in [0, 0.1) is 10.1 Å². The summed E-state index contributed by atoms with van der Waals surface area (Å²) in [7, 11) is 3.14. The third-order valence-corrected chi connectivity index (χ3v) is 5.46. The lowest BCUT2D eigenvalue weighted by Gasteiger charge is -2.33. The number of nitro groups is 1. The molecule has 10 heteroatoms. The summed E-state index contributed by atoms with van der Waals surface area (Å²) >= 11 is 0. The minimum absolute atomic E-state index is 0.0833. The van der Waals surface area contributed by atoms with Crippen LogP contribution in [0.5, 0.6) is 11.5 Å². The molecule has 1 aliphatic rings. The molecule has 1 aliphatic heterocycles. The molecule has 0 unspecified atom stereocenters. The number of rotatable bonds is 6. The number of nitrogens with zero attached hydrogens (tertiary/aromatic N) is 4. The fourth-order valence-corrected chi connectivity index (χ4v) is 3.81. The van der Waals surface area contributed by atoms with Crippen LogP contribution in [0.2, 0.25) is 0 Å². The lowest BCUT2D eigenvalue weighted by atomic mass is 10.0. The second kappa shape index (κ2) is 8.50. The number of hydrogen-bond acceptors (Lipinski definition) is 9. The first-order valence-corrected chi connectivity index (χ1v) is 9.94. The Balaban J connectivity index is 1.50. The van der Waals surface area contributed by atoms with Gasteiger partial charge in [0, 0.05) is 36.7 Å². The van der Waals surface area contributed by atoms with E-state index in [9.17, 15) is 10.1 Å². The Labute approximate surface area is 179 Å². The van der Waals surface area contributed by atoms with Crippen LogP contribution in [0.1, 0.15) is 12.8 Å². The molecule has 3 aromatic rings. The predicted molar refractivity (Wildman–Crippen MR) is 119 cm³/mol. The maximum absolute atomic E-state index is 11.2. The number of nitrogens with one attached hydrogen (secondary N) is 1. The molecule has 31 heavy (non-hydrogen) atoms. The van der Waals surface area contributed by atoms with Crippen molar-refractivity contribution in [3.8, 4) is 11.5 Å². The maximum Gasteiger partial charge on any atom is 0.292 e. The van der Waals surface area contributed by atoms with Crippen LogP contribution in [0.3, 0.4) is 0 Å². The van der Waals surface area contributed by atoms with Crippen LogP contribution in [0.15, 0.2) is 36.4 Å².